The summed E-state index contributed by atoms with van der Waals surface area (Å²) in [6, 6.07) is 10.8. The van der Waals surface area contributed by atoms with Gasteiger partial charge in [-0.3, -0.25) is 0 Å². The summed E-state index contributed by atoms with van der Waals surface area (Å²) in [4.78, 5) is 11.7. The number of aliphatic hydroxyl groups excluding tert-OH is 1. The number of hydrogen-bond donors (Lipinski definition) is 4. The number of hydrogen-bond acceptors (Lipinski definition) is 3. The summed E-state index contributed by atoms with van der Waals surface area (Å²) in [6.07, 6.45) is -0.798. The Balaban J connectivity index is 1.81. The fourth-order valence-corrected chi connectivity index (χ4v) is 2.17. The van der Waals surface area contributed by atoms with Crippen molar-refractivity contribution >= 4 is 6.03 Å². The lowest BCUT2D eigenvalue weighted by Crippen LogP contribution is -2.37. The van der Waals surface area contributed by atoms with Crippen LogP contribution in [-0.2, 0) is 6.54 Å². The molecule has 2 rings (SSSR count). The Morgan fingerprint density at radius 3 is 2.65 bits per heavy atom. The number of aryl methyl sites for hydroxylation is 1. The number of urea groups is 1. The van der Waals surface area contributed by atoms with Crippen LogP contribution >= 0.6 is 0 Å². The number of benzene rings is 2. The quantitative estimate of drug-likeness (QED) is 0.683. The maximum absolute atomic E-state index is 13.2. The molecule has 0 saturated heterocycles. The fourth-order valence-electron chi connectivity index (χ4n) is 2.17. The molecule has 2 aromatic rings. The van der Waals surface area contributed by atoms with Crippen molar-refractivity contribution in [3.05, 3.63) is 65.0 Å². The molecule has 0 radical (unpaired) electrons. The van der Waals surface area contributed by atoms with Crippen molar-refractivity contribution in [3.63, 3.8) is 0 Å². The molecule has 122 valence electrons. The van der Waals surface area contributed by atoms with E-state index in [2.05, 4.69) is 10.6 Å². The number of carbonyl (C=O) groups is 1. The predicted molar refractivity (Wildman–Crippen MR) is 84.4 cm³/mol. The predicted octanol–water partition coefficient (Wildman–Crippen LogP) is 2.37. The monoisotopic (exact) mass is 318 g/mol. The highest BCUT2D eigenvalue weighted by Gasteiger charge is 2.11. The summed E-state index contributed by atoms with van der Waals surface area (Å²) in [5, 5.41) is 24.3. The molecule has 1 atom stereocenters. The molecular weight excluding hydrogens is 299 g/mol. The Morgan fingerprint density at radius 2 is 1.96 bits per heavy atom. The van der Waals surface area contributed by atoms with Gasteiger partial charge in [0.15, 0.2) is 11.6 Å². The van der Waals surface area contributed by atoms with Crippen molar-refractivity contribution in [1.29, 1.82) is 0 Å². The average Bonchev–Trinajstić information content (AvgIpc) is 2.54. The van der Waals surface area contributed by atoms with Gasteiger partial charge in [0.1, 0.15) is 0 Å². The summed E-state index contributed by atoms with van der Waals surface area (Å²) in [5.74, 6) is -1.17. The Kier molecular flexibility index (Phi) is 5.54. The van der Waals surface area contributed by atoms with Gasteiger partial charge in [0.2, 0.25) is 0 Å². The maximum Gasteiger partial charge on any atom is 0.315 e. The van der Waals surface area contributed by atoms with Crippen molar-refractivity contribution in [2.75, 3.05) is 6.54 Å². The molecule has 5 nitrogen and oxygen atoms in total. The van der Waals surface area contributed by atoms with E-state index in [1.807, 2.05) is 25.1 Å². The molecule has 0 fully saturated rings. The number of aromatic hydroxyl groups is 1. The first-order valence-corrected chi connectivity index (χ1v) is 7.20. The summed E-state index contributed by atoms with van der Waals surface area (Å²) < 4.78 is 13.2. The third kappa shape index (κ3) is 4.69. The topological polar surface area (TPSA) is 81.6 Å². The summed E-state index contributed by atoms with van der Waals surface area (Å²) in [7, 11) is 0. The van der Waals surface area contributed by atoms with E-state index in [-0.39, 0.29) is 13.1 Å². The van der Waals surface area contributed by atoms with Gasteiger partial charge >= 0.3 is 6.03 Å². The van der Waals surface area contributed by atoms with Gasteiger partial charge < -0.3 is 20.8 Å². The number of phenolic OH excluding ortho intramolecular Hbond substituents is 1. The van der Waals surface area contributed by atoms with Gasteiger partial charge in [0.25, 0.3) is 0 Å². The standard InChI is InChI=1S/C17H19FN2O3/c1-11-4-2-3-5-13(11)16(22)10-20-17(23)19-9-12-6-7-15(21)14(18)8-12/h2-8,16,21-22H,9-10H2,1H3,(H2,19,20,23). The Labute approximate surface area is 133 Å². The highest BCUT2D eigenvalue weighted by molar-refractivity contribution is 5.73. The highest BCUT2D eigenvalue weighted by atomic mass is 19.1. The molecule has 0 aliphatic heterocycles. The van der Waals surface area contributed by atoms with Gasteiger partial charge in [0.05, 0.1) is 6.10 Å². The number of phenols is 1. The molecule has 2 aromatic carbocycles. The first kappa shape index (κ1) is 16.8. The molecule has 0 spiro atoms. The molecular formula is C17H19FN2O3. The first-order chi connectivity index (χ1) is 11.0. The van der Waals surface area contributed by atoms with Gasteiger partial charge in [-0.15, -0.1) is 0 Å². The third-order valence-corrected chi connectivity index (χ3v) is 3.47. The van der Waals surface area contributed by atoms with Crippen molar-refractivity contribution in [2.45, 2.75) is 19.6 Å². The van der Waals surface area contributed by atoms with Gasteiger partial charge in [-0.1, -0.05) is 30.3 Å². The van der Waals surface area contributed by atoms with E-state index >= 15 is 0 Å². The lowest BCUT2D eigenvalue weighted by Gasteiger charge is -2.15. The van der Waals surface area contributed by atoms with E-state index < -0.39 is 23.7 Å². The number of carbonyl (C=O) groups excluding carboxylic acids is 1. The molecule has 0 aromatic heterocycles. The molecule has 0 heterocycles. The molecule has 4 N–H and O–H groups in total. The van der Waals surface area contributed by atoms with Crippen LogP contribution in [0.2, 0.25) is 0 Å². The highest BCUT2D eigenvalue weighted by Crippen LogP contribution is 2.17. The van der Waals surface area contributed by atoms with E-state index in [0.717, 1.165) is 17.2 Å². The van der Waals surface area contributed by atoms with Crippen molar-refractivity contribution in [3.8, 4) is 5.75 Å². The van der Waals surface area contributed by atoms with E-state index in [0.29, 0.717) is 5.56 Å². The number of amides is 2. The van der Waals surface area contributed by atoms with E-state index in [9.17, 15) is 14.3 Å². The lowest BCUT2D eigenvalue weighted by atomic mass is 10.0. The zero-order chi connectivity index (χ0) is 16.8. The Morgan fingerprint density at radius 1 is 1.22 bits per heavy atom. The Bertz CT molecular complexity index is 691. The number of nitrogens with one attached hydrogen (secondary N) is 2. The number of rotatable bonds is 5. The molecule has 0 bridgehead atoms. The average molecular weight is 318 g/mol. The van der Waals surface area contributed by atoms with Gasteiger partial charge in [-0.25, -0.2) is 9.18 Å². The summed E-state index contributed by atoms with van der Waals surface area (Å²) >= 11 is 0. The smallest absolute Gasteiger partial charge is 0.315 e. The zero-order valence-corrected chi connectivity index (χ0v) is 12.7. The second-order valence-electron chi connectivity index (χ2n) is 5.22. The molecule has 0 saturated carbocycles. The fraction of sp³-hybridized carbons (Fsp3) is 0.235. The van der Waals surface area contributed by atoms with E-state index in [1.165, 1.54) is 12.1 Å². The van der Waals surface area contributed by atoms with Crippen LogP contribution in [0.1, 0.15) is 22.8 Å². The zero-order valence-electron chi connectivity index (χ0n) is 12.7. The van der Waals surface area contributed by atoms with Gasteiger partial charge in [-0.05, 0) is 35.7 Å². The summed E-state index contributed by atoms with van der Waals surface area (Å²) in [5.41, 5.74) is 2.23. The second-order valence-corrected chi connectivity index (χ2v) is 5.22. The minimum Gasteiger partial charge on any atom is -0.505 e. The molecule has 0 aliphatic carbocycles. The van der Waals surface area contributed by atoms with Crippen LogP contribution in [0.25, 0.3) is 0 Å². The maximum atomic E-state index is 13.2. The van der Waals surface area contributed by atoms with Crippen molar-refractivity contribution in [1.82, 2.24) is 10.6 Å². The van der Waals surface area contributed by atoms with E-state index in [1.54, 1.807) is 6.07 Å². The van der Waals surface area contributed by atoms with Crippen LogP contribution in [0.5, 0.6) is 5.75 Å². The van der Waals surface area contributed by atoms with Crippen LogP contribution in [0.4, 0.5) is 9.18 Å². The molecule has 0 aliphatic rings. The van der Waals surface area contributed by atoms with Crippen molar-refractivity contribution < 1.29 is 19.4 Å². The minimum atomic E-state index is -0.798. The SMILES string of the molecule is Cc1ccccc1C(O)CNC(=O)NCc1ccc(O)c(F)c1. The molecule has 6 heteroatoms. The normalized spacial score (nSPS) is 11.8. The third-order valence-electron chi connectivity index (χ3n) is 3.47. The molecule has 1 unspecified atom stereocenters. The van der Waals surface area contributed by atoms with Crippen LogP contribution < -0.4 is 10.6 Å². The second kappa shape index (κ2) is 7.60. The van der Waals surface area contributed by atoms with Crippen molar-refractivity contribution in [2.24, 2.45) is 0 Å². The van der Waals surface area contributed by atoms with Crippen LogP contribution in [-0.4, -0.2) is 22.8 Å². The first-order valence-electron chi connectivity index (χ1n) is 7.20. The van der Waals surface area contributed by atoms with Crippen LogP contribution in [0.15, 0.2) is 42.5 Å². The van der Waals surface area contributed by atoms with Gasteiger partial charge in [-0.2, -0.15) is 0 Å². The number of halogens is 1. The minimum absolute atomic E-state index is 0.0701. The van der Waals surface area contributed by atoms with Gasteiger partial charge in [0, 0.05) is 13.1 Å². The molecule has 23 heavy (non-hydrogen) atoms. The Hall–Kier alpha value is -2.60. The van der Waals surface area contributed by atoms with E-state index in [4.69, 9.17) is 5.11 Å². The summed E-state index contributed by atoms with van der Waals surface area (Å²) in [6.45, 7) is 2.07. The molecule has 2 amide bonds. The largest absolute Gasteiger partial charge is 0.505 e. The lowest BCUT2D eigenvalue weighted by molar-refractivity contribution is 0.172. The van der Waals surface area contributed by atoms with Crippen LogP contribution in [0.3, 0.4) is 0 Å². The van der Waals surface area contributed by atoms with Crippen LogP contribution in [0, 0.1) is 12.7 Å². The number of aliphatic hydroxyl groups is 1.